The predicted octanol–water partition coefficient (Wildman–Crippen LogP) is 0.846. The van der Waals surface area contributed by atoms with Crippen molar-refractivity contribution in [1.82, 2.24) is 9.80 Å². The first-order valence-corrected chi connectivity index (χ1v) is 4.01. The summed E-state index contributed by atoms with van der Waals surface area (Å²) in [6.45, 7) is 7.04. The molecule has 1 saturated heterocycles. The summed E-state index contributed by atoms with van der Waals surface area (Å²) in [6.07, 6.45) is 0.621. The lowest BCUT2D eigenvalue weighted by Gasteiger charge is -2.41. The monoisotopic (exact) mass is 142 g/mol. The zero-order chi connectivity index (χ0) is 7.72. The first kappa shape index (κ1) is 8.02. The van der Waals surface area contributed by atoms with E-state index in [2.05, 4.69) is 37.7 Å². The third-order valence-electron chi connectivity index (χ3n) is 2.48. The molecule has 0 atom stereocenters. The Balaban J connectivity index is 2.49. The summed E-state index contributed by atoms with van der Waals surface area (Å²) >= 11 is 0. The Morgan fingerprint density at radius 2 is 1.40 bits per heavy atom. The van der Waals surface area contributed by atoms with Crippen LogP contribution >= 0.6 is 0 Å². The van der Waals surface area contributed by atoms with Crippen molar-refractivity contribution in [2.75, 3.05) is 27.2 Å². The summed E-state index contributed by atoms with van der Waals surface area (Å²) in [7, 11) is 4.38. The fraction of sp³-hybridized carbons (Fsp3) is 1.00. The zero-order valence-corrected chi connectivity index (χ0v) is 7.46. The Kier molecular flexibility index (Phi) is 2.32. The van der Waals surface area contributed by atoms with Gasteiger partial charge in [0.05, 0.1) is 6.17 Å². The van der Waals surface area contributed by atoms with Crippen molar-refractivity contribution in [3.63, 3.8) is 0 Å². The summed E-state index contributed by atoms with van der Waals surface area (Å²) in [4.78, 5) is 4.79. The Morgan fingerprint density at radius 1 is 1.00 bits per heavy atom. The maximum absolute atomic E-state index is 2.40. The normalized spacial score (nSPS) is 38.4. The first-order chi connectivity index (χ1) is 4.61. The molecule has 0 aromatic carbocycles. The largest absolute Gasteiger partial charge is 0.291 e. The standard InChI is InChI=1S/C8H18N2/c1-7-5-9(3)8(2)10(4)6-7/h7-8H,5-6H2,1-4H3. The average Bonchev–Trinajstić information content (AvgIpc) is 1.82. The molecule has 2 heteroatoms. The van der Waals surface area contributed by atoms with E-state index < -0.39 is 0 Å². The van der Waals surface area contributed by atoms with E-state index in [0.717, 1.165) is 5.92 Å². The molecule has 1 fully saturated rings. The molecule has 0 radical (unpaired) electrons. The van der Waals surface area contributed by atoms with Crippen LogP contribution in [0.3, 0.4) is 0 Å². The third kappa shape index (κ3) is 1.50. The average molecular weight is 142 g/mol. The Bertz CT molecular complexity index is 102. The molecule has 1 aliphatic heterocycles. The van der Waals surface area contributed by atoms with Crippen LogP contribution in [0.2, 0.25) is 0 Å². The van der Waals surface area contributed by atoms with Gasteiger partial charge in [0.15, 0.2) is 0 Å². The minimum absolute atomic E-state index is 0.621. The highest BCUT2D eigenvalue weighted by molar-refractivity contribution is 4.74. The fourth-order valence-electron chi connectivity index (χ4n) is 1.68. The van der Waals surface area contributed by atoms with Gasteiger partial charge in [0.2, 0.25) is 0 Å². The van der Waals surface area contributed by atoms with Crippen molar-refractivity contribution in [3.05, 3.63) is 0 Å². The summed E-state index contributed by atoms with van der Waals surface area (Å²) in [5.41, 5.74) is 0. The molecule has 60 valence electrons. The SMILES string of the molecule is CC1CN(C)C(C)N(C)C1. The molecule has 10 heavy (non-hydrogen) atoms. The van der Waals surface area contributed by atoms with Crippen LogP contribution in [-0.4, -0.2) is 43.2 Å². The van der Waals surface area contributed by atoms with Gasteiger partial charge in [-0.05, 0) is 26.9 Å². The molecule has 0 unspecified atom stereocenters. The maximum Gasteiger partial charge on any atom is 0.0588 e. The number of hydrogen-bond donors (Lipinski definition) is 0. The van der Waals surface area contributed by atoms with E-state index in [9.17, 15) is 0 Å². The lowest BCUT2D eigenvalue weighted by molar-refractivity contribution is 0.0266. The molecule has 0 N–H and O–H groups in total. The van der Waals surface area contributed by atoms with Gasteiger partial charge >= 0.3 is 0 Å². The highest BCUT2D eigenvalue weighted by Crippen LogP contribution is 2.13. The van der Waals surface area contributed by atoms with Gasteiger partial charge in [-0.25, -0.2) is 0 Å². The molecule has 0 aromatic heterocycles. The summed E-state index contributed by atoms with van der Waals surface area (Å²) in [6, 6.07) is 0. The molecule has 0 aliphatic carbocycles. The van der Waals surface area contributed by atoms with Gasteiger partial charge < -0.3 is 0 Å². The van der Waals surface area contributed by atoms with Crippen molar-refractivity contribution in [2.45, 2.75) is 20.0 Å². The van der Waals surface area contributed by atoms with Crippen LogP contribution in [0.5, 0.6) is 0 Å². The summed E-state index contributed by atoms with van der Waals surface area (Å²) < 4.78 is 0. The Labute approximate surface area is 63.8 Å². The summed E-state index contributed by atoms with van der Waals surface area (Å²) in [5, 5.41) is 0. The second-order valence-corrected chi connectivity index (χ2v) is 3.62. The summed E-state index contributed by atoms with van der Waals surface area (Å²) in [5.74, 6) is 0.825. The van der Waals surface area contributed by atoms with E-state index in [-0.39, 0.29) is 0 Å². The lowest BCUT2D eigenvalue weighted by atomic mass is 10.1. The van der Waals surface area contributed by atoms with Crippen molar-refractivity contribution in [2.24, 2.45) is 5.92 Å². The van der Waals surface area contributed by atoms with Crippen LogP contribution in [0.1, 0.15) is 13.8 Å². The van der Waals surface area contributed by atoms with Crippen molar-refractivity contribution in [1.29, 1.82) is 0 Å². The van der Waals surface area contributed by atoms with E-state index in [4.69, 9.17) is 0 Å². The quantitative estimate of drug-likeness (QED) is 0.494. The molecule has 0 spiro atoms. The number of rotatable bonds is 0. The zero-order valence-electron chi connectivity index (χ0n) is 7.46. The number of hydrogen-bond acceptors (Lipinski definition) is 2. The molecule has 2 nitrogen and oxygen atoms in total. The van der Waals surface area contributed by atoms with E-state index in [0.29, 0.717) is 6.17 Å². The van der Waals surface area contributed by atoms with Crippen LogP contribution in [0.4, 0.5) is 0 Å². The van der Waals surface area contributed by atoms with Gasteiger partial charge in [0.25, 0.3) is 0 Å². The predicted molar refractivity (Wildman–Crippen MR) is 43.9 cm³/mol. The highest BCUT2D eigenvalue weighted by atomic mass is 15.3. The van der Waals surface area contributed by atoms with Crippen molar-refractivity contribution < 1.29 is 0 Å². The topological polar surface area (TPSA) is 6.48 Å². The van der Waals surface area contributed by atoms with Gasteiger partial charge in [0, 0.05) is 13.1 Å². The van der Waals surface area contributed by atoms with Gasteiger partial charge in [-0.2, -0.15) is 0 Å². The van der Waals surface area contributed by atoms with E-state index in [1.54, 1.807) is 0 Å². The maximum atomic E-state index is 2.40. The fourth-order valence-corrected chi connectivity index (χ4v) is 1.68. The molecular weight excluding hydrogens is 124 g/mol. The van der Waals surface area contributed by atoms with Crippen molar-refractivity contribution >= 4 is 0 Å². The van der Waals surface area contributed by atoms with Gasteiger partial charge in [-0.3, -0.25) is 9.80 Å². The molecule has 0 aromatic rings. The minimum Gasteiger partial charge on any atom is -0.291 e. The number of nitrogens with zero attached hydrogens (tertiary/aromatic N) is 2. The van der Waals surface area contributed by atoms with Crippen LogP contribution in [0.25, 0.3) is 0 Å². The molecule has 0 saturated carbocycles. The Morgan fingerprint density at radius 3 is 1.80 bits per heavy atom. The molecule has 1 rings (SSSR count). The van der Waals surface area contributed by atoms with Gasteiger partial charge in [-0.1, -0.05) is 6.92 Å². The lowest BCUT2D eigenvalue weighted by Crippen LogP contribution is -2.51. The van der Waals surface area contributed by atoms with Crippen molar-refractivity contribution in [3.8, 4) is 0 Å². The first-order valence-electron chi connectivity index (χ1n) is 4.01. The second-order valence-electron chi connectivity index (χ2n) is 3.62. The van der Waals surface area contributed by atoms with Crippen LogP contribution in [-0.2, 0) is 0 Å². The van der Waals surface area contributed by atoms with Crippen LogP contribution in [0.15, 0.2) is 0 Å². The van der Waals surface area contributed by atoms with E-state index >= 15 is 0 Å². The smallest absolute Gasteiger partial charge is 0.0588 e. The van der Waals surface area contributed by atoms with Gasteiger partial charge in [0.1, 0.15) is 0 Å². The molecule has 0 amide bonds. The third-order valence-corrected chi connectivity index (χ3v) is 2.48. The second kappa shape index (κ2) is 2.89. The minimum atomic E-state index is 0.621. The van der Waals surface area contributed by atoms with E-state index in [1.807, 2.05) is 0 Å². The van der Waals surface area contributed by atoms with Crippen LogP contribution in [0, 0.1) is 5.92 Å². The van der Waals surface area contributed by atoms with Gasteiger partial charge in [-0.15, -0.1) is 0 Å². The molecular formula is C8H18N2. The molecule has 1 aliphatic rings. The Hall–Kier alpha value is -0.0800. The van der Waals surface area contributed by atoms with E-state index in [1.165, 1.54) is 13.1 Å². The molecule has 0 bridgehead atoms. The van der Waals surface area contributed by atoms with Crippen LogP contribution < -0.4 is 0 Å². The highest BCUT2D eigenvalue weighted by Gasteiger charge is 2.23. The molecule has 1 heterocycles.